The van der Waals surface area contributed by atoms with Crippen molar-refractivity contribution in [2.24, 2.45) is 0 Å². The summed E-state index contributed by atoms with van der Waals surface area (Å²) >= 11 is 3.52. The van der Waals surface area contributed by atoms with Crippen molar-refractivity contribution in [3.63, 3.8) is 0 Å². The molecule has 0 radical (unpaired) electrons. The number of anilines is 2. The molecule has 20 heteroatoms. The number of benzene rings is 1. The van der Waals surface area contributed by atoms with Gasteiger partial charge in [0.25, 0.3) is 0 Å². The van der Waals surface area contributed by atoms with Gasteiger partial charge in [-0.3, -0.25) is 10.6 Å². The van der Waals surface area contributed by atoms with E-state index in [9.17, 15) is 57.9 Å². The van der Waals surface area contributed by atoms with E-state index in [1.807, 2.05) is 0 Å². The largest absolute Gasteiger partial charge is 0.460 e. The first kappa shape index (κ1) is 38.0. The second-order valence-corrected chi connectivity index (χ2v) is 10.9. The molecular weight excluding hydrogens is 835 g/mol. The first-order valence-corrected chi connectivity index (χ1v) is 13.9. The van der Waals surface area contributed by atoms with Crippen molar-refractivity contribution in [3.8, 4) is 5.75 Å². The molecule has 42 heavy (non-hydrogen) atoms. The van der Waals surface area contributed by atoms with Gasteiger partial charge in [-0.1, -0.05) is 26.7 Å². The van der Waals surface area contributed by atoms with Gasteiger partial charge in [-0.15, -0.1) is 0 Å². The third-order valence-electron chi connectivity index (χ3n) is 4.70. The van der Waals surface area contributed by atoms with Crippen LogP contribution in [-0.4, -0.2) is 44.4 Å². The minimum Gasteiger partial charge on any atom is -0.435 e. The van der Waals surface area contributed by atoms with Gasteiger partial charge in [-0.05, 0) is 64.1 Å². The molecule has 0 aromatic heterocycles. The van der Waals surface area contributed by atoms with E-state index < -0.39 is 73.3 Å². The van der Waals surface area contributed by atoms with Crippen LogP contribution in [0.25, 0.3) is 0 Å². The molecule has 0 aliphatic carbocycles. The Labute approximate surface area is 258 Å². The van der Waals surface area contributed by atoms with Crippen LogP contribution in [0.3, 0.4) is 0 Å². The second kappa shape index (κ2) is 15.1. The molecule has 0 saturated heterocycles. The monoisotopic (exact) mass is 856 g/mol. The number of allylic oxidation sites excluding steroid dienone is 1. The zero-order chi connectivity index (χ0) is 32.7. The van der Waals surface area contributed by atoms with Crippen LogP contribution in [0.2, 0.25) is 0 Å². The van der Waals surface area contributed by atoms with E-state index in [0.717, 1.165) is 6.07 Å². The van der Waals surface area contributed by atoms with E-state index in [1.54, 1.807) is 59.0 Å². The van der Waals surface area contributed by atoms with Crippen molar-refractivity contribution in [1.29, 1.82) is 0 Å². The van der Waals surface area contributed by atoms with Crippen LogP contribution in [0.5, 0.6) is 5.75 Å². The van der Waals surface area contributed by atoms with Crippen LogP contribution in [-0.2, 0) is 9.47 Å². The van der Waals surface area contributed by atoms with Crippen molar-refractivity contribution in [3.05, 3.63) is 30.0 Å². The Morgan fingerprint density at radius 2 is 1.17 bits per heavy atom. The van der Waals surface area contributed by atoms with E-state index in [4.69, 9.17) is 9.47 Å². The fourth-order valence-electron chi connectivity index (χ4n) is 2.69. The van der Waals surface area contributed by atoms with Crippen LogP contribution in [0.1, 0.15) is 39.5 Å². The molecule has 0 saturated carbocycles. The second-order valence-electron chi connectivity index (χ2n) is 8.11. The molecule has 2 amide bonds. The van der Waals surface area contributed by atoms with Crippen LogP contribution in [0.4, 0.5) is 69.3 Å². The highest BCUT2D eigenvalue weighted by Gasteiger charge is 2.83. The van der Waals surface area contributed by atoms with Gasteiger partial charge in [0.1, 0.15) is 5.75 Å². The average Bonchev–Trinajstić information content (AvgIpc) is 2.82. The Balaban J connectivity index is 3.45. The molecule has 1 aromatic carbocycles. The number of carbonyl (C=O) groups excluding carboxylic acids is 2. The van der Waals surface area contributed by atoms with Gasteiger partial charge >= 0.3 is 42.1 Å². The van der Waals surface area contributed by atoms with Gasteiger partial charge in [0.15, 0.2) is 8.22 Å². The first-order chi connectivity index (χ1) is 19.1. The van der Waals surface area contributed by atoms with Crippen molar-refractivity contribution in [1.82, 2.24) is 0 Å². The molecule has 7 nitrogen and oxygen atoms in total. The quantitative estimate of drug-likeness (QED) is 0.0894. The zero-order valence-electron chi connectivity index (χ0n) is 21.2. The van der Waals surface area contributed by atoms with Crippen LogP contribution in [0, 0.1) is 0 Å². The highest BCUT2D eigenvalue weighted by atomic mass is 127. The smallest absolute Gasteiger partial charge is 0.435 e. The molecule has 2 N–H and O–H groups in total. The number of nitrogens with one attached hydrogen (secondary N) is 2. The number of hydrogen-bond acceptors (Lipinski definition) is 5. The van der Waals surface area contributed by atoms with Crippen LogP contribution in [0.15, 0.2) is 30.0 Å². The number of rotatable bonds is 13. The molecule has 0 aliphatic rings. The maximum atomic E-state index is 14.2. The predicted octanol–water partition coefficient (Wildman–Crippen LogP) is 9.86. The molecule has 2 unspecified atom stereocenters. The molecule has 2 atom stereocenters. The molecular formula is C22H21F11I2N2O5. The number of halogens is 13. The summed E-state index contributed by atoms with van der Waals surface area (Å²) in [5, 5.41) is 4.15. The fraction of sp³-hybridized carbons (Fsp3) is 0.545. The van der Waals surface area contributed by atoms with E-state index in [-0.39, 0.29) is 0 Å². The van der Waals surface area contributed by atoms with Crippen molar-refractivity contribution >= 4 is 68.7 Å². The molecule has 0 bridgehead atoms. The Kier molecular flexibility index (Phi) is 13.7. The Morgan fingerprint density at radius 1 is 0.762 bits per heavy atom. The molecule has 0 spiro atoms. The SMILES string of the molecule is CCCC(I)OC(=O)Nc1cc(NC(=O)OC(I)CCC)cc(OC(F)=C(F)C(F)(F)C(F)(F)C(F)(F)C(F)(F)F)c1. The van der Waals surface area contributed by atoms with Gasteiger partial charge in [0.2, 0.25) is 5.83 Å². The molecule has 0 aliphatic heterocycles. The summed E-state index contributed by atoms with van der Waals surface area (Å²) in [7, 11) is 0. The third-order valence-corrected chi connectivity index (χ3v) is 6.45. The van der Waals surface area contributed by atoms with Crippen LogP contribution < -0.4 is 15.4 Å². The molecule has 0 fully saturated rings. The predicted molar refractivity (Wildman–Crippen MR) is 143 cm³/mol. The third kappa shape index (κ3) is 9.76. The molecule has 0 heterocycles. The lowest BCUT2D eigenvalue weighted by Crippen LogP contribution is -2.61. The summed E-state index contributed by atoms with van der Waals surface area (Å²) < 4.78 is 159. The lowest BCUT2D eigenvalue weighted by Gasteiger charge is -2.32. The fourth-order valence-corrected chi connectivity index (χ4v) is 4.39. The van der Waals surface area contributed by atoms with Gasteiger partial charge in [-0.25, -0.2) is 9.59 Å². The lowest BCUT2D eigenvalue weighted by molar-refractivity contribution is -0.392. The number of ether oxygens (including phenoxy) is 3. The summed E-state index contributed by atoms with van der Waals surface area (Å²) in [5.41, 5.74) is -0.914. The van der Waals surface area contributed by atoms with Gasteiger partial charge in [-0.2, -0.15) is 48.3 Å². The van der Waals surface area contributed by atoms with E-state index in [1.165, 1.54) is 0 Å². The van der Waals surface area contributed by atoms with Crippen molar-refractivity contribution in [2.75, 3.05) is 10.6 Å². The standard InChI is InChI=1S/C22H21F11I2N2O5/c1-3-5-13(34)41-17(38)36-10-7-11(37-18(39)42-14(35)6-4-2)9-12(8-10)40-16(24)15(23)19(25,26)20(27,28)21(29,30)22(31,32)33/h7-9,13-14H,3-6H2,1-2H3,(H,36,38)(H,37,39). The number of carbonyl (C=O) groups is 2. The van der Waals surface area contributed by atoms with E-state index in [0.29, 0.717) is 37.8 Å². The highest BCUT2D eigenvalue weighted by Crippen LogP contribution is 2.55. The van der Waals surface area contributed by atoms with Crippen molar-refractivity contribution in [2.45, 2.75) is 71.7 Å². The minimum absolute atomic E-state index is 0.409. The van der Waals surface area contributed by atoms with Crippen molar-refractivity contribution < 1.29 is 72.1 Å². The number of alkyl halides is 11. The molecule has 1 aromatic rings. The maximum Gasteiger partial charge on any atom is 0.460 e. The summed E-state index contributed by atoms with van der Waals surface area (Å²) in [5.74, 6) is -27.3. The Bertz CT molecular complexity index is 1090. The Hall–Kier alpha value is -2.01. The summed E-state index contributed by atoms with van der Waals surface area (Å²) in [4.78, 5) is 24.3. The number of amides is 2. The Morgan fingerprint density at radius 3 is 1.52 bits per heavy atom. The zero-order valence-corrected chi connectivity index (χ0v) is 25.5. The molecule has 240 valence electrons. The summed E-state index contributed by atoms with van der Waals surface area (Å²) in [6, 6.07) is -1.27. The van der Waals surface area contributed by atoms with Gasteiger partial charge < -0.3 is 14.2 Å². The molecule has 1 rings (SSSR count). The van der Waals surface area contributed by atoms with Gasteiger partial charge in [0.05, 0.1) is 0 Å². The lowest BCUT2D eigenvalue weighted by atomic mass is 10.0. The maximum absolute atomic E-state index is 14.2. The average molecular weight is 856 g/mol. The summed E-state index contributed by atoms with van der Waals surface area (Å²) in [6.07, 6.45) is -7.54. The van der Waals surface area contributed by atoms with Gasteiger partial charge in [0, 0.05) is 23.5 Å². The van der Waals surface area contributed by atoms with Crippen LogP contribution >= 0.6 is 45.2 Å². The van der Waals surface area contributed by atoms with E-state index in [2.05, 4.69) is 15.4 Å². The first-order valence-electron chi connectivity index (χ1n) is 11.4. The topological polar surface area (TPSA) is 85.9 Å². The number of hydrogen-bond donors (Lipinski definition) is 2. The normalized spacial score (nSPS) is 14.8. The highest BCUT2D eigenvalue weighted by molar-refractivity contribution is 14.1. The van der Waals surface area contributed by atoms with E-state index >= 15 is 0 Å². The minimum atomic E-state index is -7.50. The summed E-state index contributed by atoms with van der Waals surface area (Å²) in [6.45, 7) is 3.55.